The molecule has 0 heterocycles. The monoisotopic (exact) mass is 231 g/mol. The maximum Gasteiger partial charge on any atom is 0.330 e. The van der Waals surface area contributed by atoms with Crippen LogP contribution in [-0.2, 0) is 14.3 Å². The molecular formula is C11H21NO4. The van der Waals surface area contributed by atoms with Gasteiger partial charge in [-0.3, -0.25) is 4.90 Å². The predicted octanol–water partition coefficient (Wildman–Crippen LogP) is 0.612. The first-order valence-electron chi connectivity index (χ1n) is 5.22. The van der Waals surface area contributed by atoms with Crippen LogP contribution in [0, 0.1) is 0 Å². The van der Waals surface area contributed by atoms with Crippen molar-refractivity contribution in [1.29, 1.82) is 0 Å². The molecule has 0 rings (SSSR count). The Bertz CT molecular complexity index is 220. The largest absolute Gasteiger partial charge is 0.478 e. The zero-order valence-corrected chi connectivity index (χ0v) is 10.2. The van der Waals surface area contributed by atoms with Crippen LogP contribution in [0.3, 0.4) is 0 Å². The fourth-order valence-corrected chi connectivity index (χ4v) is 1.09. The second kappa shape index (κ2) is 9.33. The quantitative estimate of drug-likeness (QED) is 0.589. The van der Waals surface area contributed by atoms with Crippen molar-refractivity contribution in [2.45, 2.75) is 6.92 Å². The molecule has 0 radical (unpaired) electrons. The summed E-state index contributed by atoms with van der Waals surface area (Å²) in [7, 11) is 3.29. The van der Waals surface area contributed by atoms with Gasteiger partial charge in [-0.1, -0.05) is 6.08 Å². The fraction of sp³-hybridized carbons (Fsp3) is 0.727. The molecule has 0 spiro atoms. The van der Waals surface area contributed by atoms with E-state index in [0.717, 1.165) is 13.1 Å². The van der Waals surface area contributed by atoms with Crippen molar-refractivity contribution in [2.24, 2.45) is 0 Å². The minimum atomic E-state index is -0.876. The van der Waals surface area contributed by atoms with Crippen molar-refractivity contribution in [1.82, 2.24) is 4.90 Å². The number of nitrogens with zero attached hydrogens (tertiary/aromatic N) is 1. The molecule has 0 aliphatic carbocycles. The molecule has 16 heavy (non-hydrogen) atoms. The van der Waals surface area contributed by atoms with Crippen LogP contribution in [0.4, 0.5) is 0 Å². The minimum absolute atomic E-state index is 0.361. The summed E-state index contributed by atoms with van der Waals surface area (Å²) in [5, 5.41) is 8.71. The minimum Gasteiger partial charge on any atom is -0.478 e. The van der Waals surface area contributed by atoms with Gasteiger partial charge >= 0.3 is 5.97 Å². The number of carboxylic acid groups (broad SMARTS) is 1. The molecule has 94 valence electrons. The predicted molar refractivity (Wildman–Crippen MR) is 61.6 cm³/mol. The highest BCUT2D eigenvalue weighted by molar-refractivity contribution is 5.85. The van der Waals surface area contributed by atoms with E-state index in [-0.39, 0.29) is 0 Å². The molecule has 0 aromatic carbocycles. The zero-order chi connectivity index (χ0) is 12.4. The second-order valence-corrected chi connectivity index (χ2v) is 3.48. The lowest BCUT2D eigenvalue weighted by Gasteiger charge is -2.19. The molecule has 5 nitrogen and oxygen atoms in total. The third-order valence-electron chi connectivity index (χ3n) is 2.22. The van der Waals surface area contributed by atoms with Crippen molar-refractivity contribution in [2.75, 3.05) is 47.1 Å². The third kappa shape index (κ3) is 7.39. The van der Waals surface area contributed by atoms with Crippen molar-refractivity contribution in [3.8, 4) is 0 Å². The summed E-state index contributed by atoms with van der Waals surface area (Å²) in [5.41, 5.74) is 0.361. The normalized spacial score (nSPS) is 12.1. The topological polar surface area (TPSA) is 59.0 Å². The Morgan fingerprint density at radius 1 is 1.25 bits per heavy atom. The molecular weight excluding hydrogens is 210 g/mol. The molecule has 0 aliphatic heterocycles. The summed E-state index contributed by atoms with van der Waals surface area (Å²) in [4.78, 5) is 12.7. The van der Waals surface area contributed by atoms with E-state index in [1.54, 1.807) is 27.2 Å². The summed E-state index contributed by atoms with van der Waals surface area (Å²) in [6, 6.07) is 0. The Morgan fingerprint density at radius 2 is 1.75 bits per heavy atom. The number of hydrogen-bond donors (Lipinski definition) is 1. The van der Waals surface area contributed by atoms with Gasteiger partial charge in [0.15, 0.2) is 0 Å². The van der Waals surface area contributed by atoms with Crippen LogP contribution in [0.1, 0.15) is 6.92 Å². The number of carboxylic acids is 1. The Labute approximate surface area is 96.6 Å². The molecule has 0 amide bonds. The Kier molecular flexibility index (Phi) is 8.80. The summed E-state index contributed by atoms with van der Waals surface area (Å²) in [5.74, 6) is -0.876. The van der Waals surface area contributed by atoms with E-state index in [4.69, 9.17) is 14.6 Å². The van der Waals surface area contributed by atoms with Crippen LogP contribution in [0.15, 0.2) is 11.6 Å². The van der Waals surface area contributed by atoms with Gasteiger partial charge in [0.05, 0.1) is 13.2 Å². The van der Waals surface area contributed by atoms with Crippen molar-refractivity contribution in [3.05, 3.63) is 11.6 Å². The number of hydrogen-bond acceptors (Lipinski definition) is 4. The molecule has 0 saturated heterocycles. The SMILES string of the molecule is COCCN(C/C=C(\C)C(=O)O)CCOC. The lowest BCUT2D eigenvalue weighted by atomic mass is 10.3. The summed E-state index contributed by atoms with van der Waals surface area (Å²) >= 11 is 0. The van der Waals surface area contributed by atoms with Crippen molar-refractivity contribution >= 4 is 5.97 Å². The van der Waals surface area contributed by atoms with Gasteiger partial charge in [-0.25, -0.2) is 4.79 Å². The van der Waals surface area contributed by atoms with Gasteiger partial charge in [0.25, 0.3) is 0 Å². The average molecular weight is 231 g/mol. The van der Waals surface area contributed by atoms with E-state index in [2.05, 4.69) is 4.90 Å². The van der Waals surface area contributed by atoms with Crippen LogP contribution in [0.25, 0.3) is 0 Å². The molecule has 5 heteroatoms. The van der Waals surface area contributed by atoms with Crippen LogP contribution >= 0.6 is 0 Å². The van der Waals surface area contributed by atoms with Gasteiger partial charge in [0.1, 0.15) is 0 Å². The number of ether oxygens (including phenoxy) is 2. The van der Waals surface area contributed by atoms with E-state index in [1.807, 2.05) is 0 Å². The van der Waals surface area contributed by atoms with Gasteiger partial charge in [-0.15, -0.1) is 0 Å². The number of aliphatic carboxylic acids is 1. The molecule has 0 fully saturated rings. The standard InChI is InChI=1S/C11H21NO4/c1-10(11(13)14)4-5-12(6-8-15-2)7-9-16-3/h4H,5-9H2,1-3H3,(H,13,14)/b10-4+. The molecule has 0 atom stereocenters. The lowest BCUT2D eigenvalue weighted by molar-refractivity contribution is -0.132. The number of rotatable bonds is 9. The van der Waals surface area contributed by atoms with Gasteiger partial charge in [-0.05, 0) is 6.92 Å². The van der Waals surface area contributed by atoms with Gasteiger partial charge in [0.2, 0.25) is 0 Å². The smallest absolute Gasteiger partial charge is 0.330 e. The Morgan fingerprint density at radius 3 is 2.12 bits per heavy atom. The second-order valence-electron chi connectivity index (χ2n) is 3.48. The Hall–Kier alpha value is -0.910. The highest BCUT2D eigenvalue weighted by Crippen LogP contribution is 1.96. The van der Waals surface area contributed by atoms with Crippen LogP contribution < -0.4 is 0 Å². The molecule has 0 saturated carbocycles. The first-order valence-corrected chi connectivity index (χ1v) is 5.22. The summed E-state index contributed by atoms with van der Waals surface area (Å²) in [6.45, 7) is 4.98. The zero-order valence-electron chi connectivity index (χ0n) is 10.2. The van der Waals surface area contributed by atoms with E-state index in [1.165, 1.54) is 0 Å². The first-order chi connectivity index (χ1) is 7.61. The van der Waals surface area contributed by atoms with E-state index in [9.17, 15) is 4.79 Å². The van der Waals surface area contributed by atoms with Crippen LogP contribution in [0.2, 0.25) is 0 Å². The number of methoxy groups -OCH3 is 2. The molecule has 0 aromatic rings. The van der Waals surface area contributed by atoms with Crippen LogP contribution in [0.5, 0.6) is 0 Å². The van der Waals surface area contributed by atoms with E-state index < -0.39 is 5.97 Å². The van der Waals surface area contributed by atoms with Gasteiger partial charge in [-0.2, -0.15) is 0 Å². The number of carbonyl (C=O) groups is 1. The Balaban J connectivity index is 4.08. The average Bonchev–Trinajstić information content (AvgIpc) is 2.27. The lowest BCUT2D eigenvalue weighted by Crippen LogP contribution is -2.31. The molecule has 0 aliphatic rings. The highest BCUT2D eigenvalue weighted by atomic mass is 16.5. The molecule has 0 unspecified atom stereocenters. The van der Waals surface area contributed by atoms with E-state index in [0.29, 0.717) is 25.3 Å². The van der Waals surface area contributed by atoms with Crippen LogP contribution in [-0.4, -0.2) is 63.0 Å². The first kappa shape index (κ1) is 15.1. The summed E-state index contributed by atoms with van der Waals surface area (Å²) < 4.78 is 9.97. The van der Waals surface area contributed by atoms with Gasteiger partial charge in [0, 0.05) is 39.4 Å². The maximum absolute atomic E-state index is 10.6. The molecule has 0 bridgehead atoms. The fourth-order valence-electron chi connectivity index (χ4n) is 1.09. The molecule has 0 aromatic heterocycles. The van der Waals surface area contributed by atoms with Gasteiger partial charge < -0.3 is 14.6 Å². The third-order valence-corrected chi connectivity index (χ3v) is 2.22. The summed E-state index contributed by atoms with van der Waals surface area (Å²) in [6.07, 6.45) is 1.70. The maximum atomic E-state index is 10.6. The van der Waals surface area contributed by atoms with E-state index >= 15 is 0 Å². The van der Waals surface area contributed by atoms with Crippen molar-refractivity contribution in [3.63, 3.8) is 0 Å². The highest BCUT2D eigenvalue weighted by Gasteiger charge is 2.04. The van der Waals surface area contributed by atoms with Crippen molar-refractivity contribution < 1.29 is 19.4 Å². The molecule has 1 N–H and O–H groups in total.